The summed E-state index contributed by atoms with van der Waals surface area (Å²) < 4.78 is 14.6. The molecule has 1 amide bonds. The van der Waals surface area contributed by atoms with E-state index in [0.29, 0.717) is 5.69 Å². The van der Waals surface area contributed by atoms with Gasteiger partial charge >= 0.3 is 0 Å². The topological polar surface area (TPSA) is 29.1 Å². The summed E-state index contributed by atoms with van der Waals surface area (Å²) in [5.41, 5.74) is 3.00. The number of hydrogen-bond donors (Lipinski definition) is 1. The lowest BCUT2D eigenvalue weighted by molar-refractivity contribution is 0.102. The Morgan fingerprint density at radius 1 is 1.10 bits per heavy atom. The molecule has 0 atom stereocenters. The Hall–Kier alpha value is -1.20. The van der Waals surface area contributed by atoms with Gasteiger partial charge in [-0.25, -0.2) is 4.39 Å². The standard InChI is InChI=1S/C15H12Br2FNO/c1-8-6-10(7-9(2)13(8)16)19-15(20)11-4-3-5-12(18)14(11)17/h3-7H,1-2H3,(H,19,20). The van der Waals surface area contributed by atoms with Crippen LogP contribution in [-0.4, -0.2) is 5.91 Å². The second kappa shape index (κ2) is 6.06. The highest BCUT2D eigenvalue weighted by Gasteiger charge is 2.14. The van der Waals surface area contributed by atoms with Gasteiger partial charge in [0.1, 0.15) is 5.82 Å². The van der Waals surface area contributed by atoms with Crippen molar-refractivity contribution in [3.05, 3.63) is 61.8 Å². The van der Waals surface area contributed by atoms with Gasteiger partial charge in [-0.15, -0.1) is 0 Å². The lowest BCUT2D eigenvalue weighted by Gasteiger charge is -2.10. The lowest BCUT2D eigenvalue weighted by Crippen LogP contribution is -2.13. The summed E-state index contributed by atoms with van der Waals surface area (Å²) in [6, 6.07) is 8.10. The first-order valence-electron chi connectivity index (χ1n) is 5.92. The van der Waals surface area contributed by atoms with Crippen molar-refractivity contribution in [2.45, 2.75) is 13.8 Å². The number of halogens is 3. The zero-order chi connectivity index (χ0) is 14.9. The monoisotopic (exact) mass is 399 g/mol. The maximum atomic E-state index is 13.4. The number of carbonyl (C=O) groups is 1. The van der Waals surface area contributed by atoms with Crippen molar-refractivity contribution < 1.29 is 9.18 Å². The van der Waals surface area contributed by atoms with E-state index in [0.717, 1.165) is 15.6 Å². The van der Waals surface area contributed by atoms with Gasteiger partial charge < -0.3 is 5.32 Å². The summed E-state index contributed by atoms with van der Waals surface area (Å²) >= 11 is 6.57. The average molecular weight is 401 g/mol. The third-order valence-electron chi connectivity index (χ3n) is 2.89. The van der Waals surface area contributed by atoms with Crippen molar-refractivity contribution in [1.29, 1.82) is 0 Å². The molecule has 0 aromatic heterocycles. The summed E-state index contributed by atoms with van der Waals surface area (Å²) in [4.78, 5) is 12.2. The molecule has 0 aliphatic rings. The minimum atomic E-state index is -0.458. The van der Waals surface area contributed by atoms with Crippen molar-refractivity contribution in [2.24, 2.45) is 0 Å². The van der Waals surface area contributed by atoms with Crippen LogP contribution in [0.15, 0.2) is 39.3 Å². The number of benzene rings is 2. The molecule has 0 aliphatic heterocycles. The second-order valence-corrected chi connectivity index (χ2v) is 6.07. The van der Waals surface area contributed by atoms with E-state index in [1.54, 1.807) is 6.07 Å². The molecule has 0 fully saturated rings. The van der Waals surface area contributed by atoms with Gasteiger partial charge in [0.15, 0.2) is 0 Å². The minimum absolute atomic E-state index is 0.169. The lowest BCUT2D eigenvalue weighted by atomic mass is 10.1. The van der Waals surface area contributed by atoms with E-state index < -0.39 is 5.82 Å². The van der Waals surface area contributed by atoms with Crippen molar-refractivity contribution in [1.82, 2.24) is 0 Å². The molecule has 0 aliphatic carbocycles. The summed E-state index contributed by atoms with van der Waals surface area (Å²) in [7, 11) is 0. The van der Waals surface area contributed by atoms with Crippen LogP contribution in [0.4, 0.5) is 10.1 Å². The van der Waals surface area contributed by atoms with Gasteiger partial charge in [-0.2, -0.15) is 0 Å². The largest absolute Gasteiger partial charge is 0.322 e. The third-order valence-corrected chi connectivity index (χ3v) is 4.95. The summed E-state index contributed by atoms with van der Waals surface area (Å²) in [6.07, 6.45) is 0. The van der Waals surface area contributed by atoms with Crippen LogP contribution >= 0.6 is 31.9 Å². The molecule has 0 radical (unpaired) electrons. The summed E-state index contributed by atoms with van der Waals surface area (Å²) in [5, 5.41) is 2.78. The van der Waals surface area contributed by atoms with Gasteiger partial charge in [-0.05, 0) is 65.2 Å². The van der Waals surface area contributed by atoms with E-state index in [2.05, 4.69) is 37.2 Å². The van der Waals surface area contributed by atoms with E-state index in [1.807, 2.05) is 26.0 Å². The fourth-order valence-corrected chi connectivity index (χ4v) is 2.57. The van der Waals surface area contributed by atoms with Crippen LogP contribution in [0.1, 0.15) is 21.5 Å². The maximum absolute atomic E-state index is 13.4. The highest BCUT2D eigenvalue weighted by molar-refractivity contribution is 9.10. The molecular formula is C15H12Br2FNO. The average Bonchev–Trinajstić information content (AvgIpc) is 2.39. The van der Waals surface area contributed by atoms with Gasteiger partial charge in [0.25, 0.3) is 5.91 Å². The molecule has 20 heavy (non-hydrogen) atoms. The van der Waals surface area contributed by atoms with Crippen LogP contribution < -0.4 is 5.32 Å². The van der Waals surface area contributed by atoms with E-state index in [1.165, 1.54) is 12.1 Å². The number of aryl methyl sites for hydroxylation is 2. The molecule has 0 saturated carbocycles. The predicted octanol–water partition coefficient (Wildman–Crippen LogP) is 5.22. The van der Waals surface area contributed by atoms with E-state index in [9.17, 15) is 9.18 Å². The first kappa shape index (κ1) is 15.2. The molecule has 0 spiro atoms. The van der Waals surface area contributed by atoms with Gasteiger partial charge in [-0.3, -0.25) is 4.79 Å². The SMILES string of the molecule is Cc1cc(NC(=O)c2cccc(F)c2Br)cc(C)c1Br. The summed E-state index contributed by atoms with van der Waals surface area (Å²) in [5.74, 6) is -0.807. The number of rotatable bonds is 2. The molecule has 1 N–H and O–H groups in total. The van der Waals surface area contributed by atoms with Gasteiger partial charge in [0.05, 0.1) is 10.0 Å². The zero-order valence-electron chi connectivity index (χ0n) is 10.9. The van der Waals surface area contributed by atoms with E-state index in [-0.39, 0.29) is 15.9 Å². The molecule has 2 nitrogen and oxygen atoms in total. The molecular weight excluding hydrogens is 389 g/mol. The number of carbonyl (C=O) groups excluding carboxylic acids is 1. The van der Waals surface area contributed by atoms with Crippen LogP contribution in [-0.2, 0) is 0 Å². The Kier molecular flexibility index (Phi) is 4.60. The maximum Gasteiger partial charge on any atom is 0.256 e. The summed E-state index contributed by atoms with van der Waals surface area (Å²) in [6.45, 7) is 3.90. The fraction of sp³-hybridized carbons (Fsp3) is 0.133. The first-order valence-corrected chi connectivity index (χ1v) is 7.51. The Morgan fingerprint density at radius 3 is 2.30 bits per heavy atom. The quantitative estimate of drug-likeness (QED) is 0.735. The molecule has 2 rings (SSSR count). The molecule has 2 aromatic carbocycles. The van der Waals surface area contributed by atoms with Crippen LogP contribution in [0, 0.1) is 19.7 Å². The Bertz CT molecular complexity index is 663. The Labute approximate surface area is 133 Å². The first-order chi connectivity index (χ1) is 9.40. The van der Waals surface area contributed by atoms with Crippen LogP contribution in [0.2, 0.25) is 0 Å². The van der Waals surface area contributed by atoms with Crippen molar-refractivity contribution in [2.75, 3.05) is 5.32 Å². The normalized spacial score (nSPS) is 10.4. The smallest absolute Gasteiger partial charge is 0.256 e. The second-order valence-electron chi connectivity index (χ2n) is 4.48. The number of hydrogen-bond acceptors (Lipinski definition) is 1. The van der Waals surface area contributed by atoms with Gasteiger partial charge in [0, 0.05) is 10.2 Å². The van der Waals surface area contributed by atoms with Crippen molar-refractivity contribution >= 4 is 43.5 Å². The van der Waals surface area contributed by atoms with Gasteiger partial charge in [-0.1, -0.05) is 22.0 Å². The van der Waals surface area contributed by atoms with Crippen LogP contribution in [0.25, 0.3) is 0 Å². The van der Waals surface area contributed by atoms with Crippen molar-refractivity contribution in [3.8, 4) is 0 Å². The van der Waals surface area contributed by atoms with E-state index in [4.69, 9.17) is 0 Å². The molecule has 5 heteroatoms. The Balaban J connectivity index is 2.30. The minimum Gasteiger partial charge on any atom is -0.322 e. The molecule has 0 saturated heterocycles. The molecule has 0 unspecified atom stereocenters. The zero-order valence-corrected chi connectivity index (χ0v) is 14.1. The predicted molar refractivity (Wildman–Crippen MR) is 85.7 cm³/mol. The third kappa shape index (κ3) is 3.10. The number of amides is 1. The van der Waals surface area contributed by atoms with Crippen LogP contribution in [0.5, 0.6) is 0 Å². The molecule has 104 valence electrons. The highest BCUT2D eigenvalue weighted by Crippen LogP contribution is 2.26. The highest BCUT2D eigenvalue weighted by atomic mass is 79.9. The van der Waals surface area contributed by atoms with Crippen molar-refractivity contribution in [3.63, 3.8) is 0 Å². The fourth-order valence-electron chi connectivity index (χ4n) is 1.90. The number of nitrogens with one attached hydrogen (secondary N) is 1. The molecule has 0 bridgehead atoms. The Morgan fingerprint density at radius 2 is 1.70 bits per heavy atom. The van der Waals surface area contributed by atoms with Gasteiger partial charge in [0.2, 0.25) is 0 Å². The number of anilines is 1. The molecule has 0 heterocycles. The molecule has 2 aromatic rings. The van der Waals surface area contributed by atoms with Crippen LogP contribution in [0.3, 0.4) is 0 Å². The van der Waals surface area contributed by atoms with E-state index >= 15 is 0 Å².